The maximum Gasteiger partial charge on any atom is 0.420 e. The molecule has 1 aliphatic carbocycles. The molecule has 2 aliphatic rings. The van der Waals surface area contributed by atoms with Gasteiger partial charge in [0.2, 0.25) is 0 Å². The van der Waals surface area contributed by atoms with Crippen LogP contribution in [0.25, 0.3) is 76.5 Å². The molecule has 0 fully saturated rings. The number of rotatable bonds is 7. The van der Waals surface area contributed by atoms with Gasteiger partial charge < -0.3 is 23.5 Å². The first kappa shape index (κ1) is 58.8. The van der Waals surface area contributed by atoms with E-state index in [1.165, 1.54) is 12.1 Å². The molecule has 0 amide bonds. The van der Waals surface area contributed by atoms with E-state index in [0.29, 0.717) is 44.1 Å². The Labute approximate surface area is 550 Å². The summed E-state index contributed by atoms with van der Waals surface area (Å²) >= 11 is 0. The van der Waals surface area contributed by atoms with Gasteiger partial charge in [0.15, 0.2) is 11.2 Å². The molecular formula is C85H61F6N3O2. The summed E-state index contributed by atoms with van der Waals surface area (Å²) in [5.41, 5.74) is 11.7. The molecule has 0 saturated heterocycles. The first-order valence-corrected chi connectivity index (χ1v) is 32.2. The minimum atomic E-state index is -4.70. The van der Waals surface area contributed by atoms with Crippen LogP contribution in [0.4, 0.5) is 77.5 Å². The van der Waals surface area contributed by atoms with E-state index in [2.05, 4.69) is 214 Å². The van der Waals surface area contributed by atoms with Crippen LogP contribution in [0.15, 0.2) is 270 Å². The molecule has 3 heterocycles. The van der Waals surface area contributed by atoms with Crippen molar-refractivity contribution in [1.82, 2.24) is 0 Å². The van der Waals surface area contributed by atoms with Crippen molar-refractivity contribution in [3.63, 3.8) is 0 Å². The van der Waals surface area contributed by atoms with Gasteiger partial charge in [0.1, 0.15) is 11.2 Å². The van der Waals surface area contributed by atoms with Crippen LogP contribution in [0, 0.1) is 0 Å². The zero-order valence-corrected chi connectivity index (χ0v) is 53.3. The van der Waals surface area contributed by atoms with Crippen molar-refractivity contribution < 1.29 is 35.2 Å². The van der Waals surface area contributed by atoms with Gasteiger partial charge in [0.25, 0.3) is 0 Å². The van der Waals surface area contributed by atoms with Gasteiger partial charge in [0.05, 0.1) is 50.7 Å². The smallest absolute Gasteiger partial charge is 0.420 e. The van der Waals surface area contributed by atoms with Crippen LogP contribution in [-0.4, -0.2) is 0 Å². The normalized spacial score (nSPS) is 13.7. The Morgan fingerprint density at radius 2 is 0.656 bits per heavy atom. The number of nitrogens with zero attached hydrogens (tertiary/aromatic N) is 3. The van der Waals surface area contributed by atoms with E-state index in [1.807, 2.05) is 66.7 Å². The SMILES string of the molecule is CC(C)(C)c1ccc(N(c2cc3c(c4ccccc24)-c2c(cc(N(c4ccc(C(C)(C)C)cc4)c4cccc5c4oc4c(C(F)(F)F)cccc45)c4ccccc24)C32c3ccccc3N(c3ccccc3)c3ccccc32)c2cccc3c2oc2c(C(F)(F)F)cccc23)cc1. The summed E-state index contributed by atoms with van der Waals surface area (Å²) in [4.78, 5) is 6.65. The van der Waals surface area contributed by atoms with Crippen LogP contribution in [0.3, 0.4) is 0 Å². The average molecular weight is 1270 g/mol. The van der Waals surface area contributed by atoms with Crippen LogP contribution in [0.1, 0.15) is 86.1 Å². The average Bonchev–Trinajstić information content (AvgIpc) is 1.48. The van der Waals surface area contributed by atoms with Gasteiger partial charge in [-0.2, -0.15) is 26.3 Å². The molecule has 0 unspecified atom stereocenters. The number of hydrogen-bond acceptors (Lipinski definition) is 5. The third kappa shape index (κ3) is 8.71. The summed E-state index contributed by atoms with van der Waals surface area (Å²) in [5, 5.41) is 5.36. The van der Waals surface area contributed by atoms with Crippen molar-refractivity contribution in [1.29, 1.82) is 0 Å². The topological polar surface area (TPSA) is 36.0 Å². The fourth-order valence-electron chi connectivity index (χ4n) is 15.5. The molecule has 2 aromatic heterocycles. The predicted molar refractivity (Wildman–Crippen MR) is 378 cm³/mol. The summed E-state index contributed by atoms with van der Waals surface area (Å²) in [5.74, 6) is 0. The Morgan fingerprint density at radius 1 is 0.312 bits per heavy atom. The first-order chi connectivity index (χ1) is 46.2. The molecule has 0 bridgehead atoms. The van der Waals surface area contributed by atoms with E-state index >= 15 is 26.3 Å². The van der Waals surface area contributed by atoms with Gasteiger partial charge in [-0.25, -0.2) is 0 Å². The van der Waals surface area contributed by atoms with E-state index in [0.717, 1.165) is 118 Å². The molecular weight excluding hydrogens is 1210 g/mol. The molecule has 0 N–H and O–H groups in total. The lowest BCUT2D eigenvalue weighted by atomic mass is 9.64. The molecule has 13 aromatic carbocycles. The van der Waals surface area contributed by atoms with E-state index in [-0.39, 0.29) is 22.0 Å². The van der Waals surface area contributed by atoms with Crippen LogP contribution < -0.4 is 14.7 Å². The summed E-state index contributed by atoms with van der Waals surface area (Å²) in [7, 11) is 0. The molecule has 11 heteroatoms. The van der Waals surface area contributed by atoms with Crippen LogP contribution in [-0.2, 0) is 28.6 Å². The lowest BCUT2D eigenvalue weighted by Gasteiger charge is -2.45. The second-order valence-corrected chi connectivity index (χ2v) is 27.3. The van der Waals surface area contributed by atoms with Crippen LogP contribution in [0.2, 0.25) is 0 Å². The predicted octanol–water partition coefficient (Wildman–Crippen LogP) is 25.5. The largest absolute Gasteiger partial charge is 0.453 e. The summed E-state index contributed by atoms with van der Waals surface area (Å²) in [6, 6.07) is 85.5. The Kier molecular flexibility index (Phi) is 12.8. The van der Waals surface area contributed by atoms with Crippen LogP contribution >= 0.6 is 0 Å². The second-order valence-electron chi connectivity index (χ2n) is 27.3. The monoisotopic (exact) mass is 1270 g/mol. The van der Waals surface area contributed by atoms with Crippen molar-refractivity contribution >= 4 is 117 Å². The molecule has 17 rings (SSSR count). The zero-order chi connectivity index (χ0) is 65.9. The molecule has 470 valence electrons. The Balaban J connectivity index is 1.03. The minimum absolute atomic E-state index is 0.216. The molecule has 15 aromatic rings. The van der Waals surface area contributed by atoms with E-state index in [9.17, 15) is 0 Å². The standard InChI is InChI=1S/C85H61F6N3O2/c1-81(2,3)50-40-44-53(45-41-50)93(71-38-20-30-61-59-28-18-34-65(84(86,87)88)77(59)95-79(61)71)73-48-67-75(57-26-12-10-24-55(57)73)76-58-27-13-11-25-56(58)74(49-68(76)83(67)63-32-14-16-36-69(63)92(52-22-8-7-9-23-52)70-37-17-15-33-64(70)83)94(54-46-42-51(43-47-54)82(4,5)6)72-39-21-31-62-60-29-19-35-66(85(89,90)91)78(60)96-80(62)72/h7-49H,1-6H3. The van der Waals surface area contributed by atoms with Crippen molar-refractivity contribution in [3.05, 3.63) is 305 Å². The van der Waals surface area contributed by atoms with Gasteiger partial charge in [-0.05, 0) is 151 Å². The van der Waals surface area contributed by atoms with Gasteiger partial charge in [-0.3, -0.25) is 0 Å². The highest BCUT2D eigenvalue weighted by molar-refractivity contribution is 6.21. The highest BCUT2D eigenvalue weighted by Crippen LogP contribution is 2.68. The Morgan fingerprint density at radius 3 is 1.05 bits per heavy atom. The number of benzene rings is 13. The molecule has 1 spiro atoms. The fourth-order valence-corrected chi connectivity index (χ4v) is 15.5. The maximum atomic E-state index is 15.1. The summed E-state index contributed by atoms with van der Waals surface area (Å²) < 4.78 is 104. The quantitative estimate of drug-likeness (QED) is 0.149. The molecule has 1 aliphatic heterocycles. The Bertz CT molecular complexity index is 5340. The van der Waals surface area contributed by atoms with Gasteiger partial charge in [-0.15, -0.1) is 0 Å². The first-order valence-electron chi connectivity index (χ1n) is 32.2. The van der Waals surface area contributed by atoms with Crippen LogP contribution in [0.5, 0.6) is 0 Å². The number of furan rings is 2. The lowest BCUT2D eigenvalue weighted by molar-refractivity contribution is -0.137. The van der Waals surface area contributed by atoms with Crippen molar-refractivity contribution in [2.75, 3.05) is 14.7 Å². The maximum absolute atomic E-state index is 15.1. The molecule has 0 atom stereocenters. The molecule has 0 radical (unpaired) electrons. The van der Waals surface area contributed by atoms with E-state index in [1.54, 1.807) is 12.1 Å². The highest BCUT2D eigenvalue weighted by Gasteiger charge is 2.54. The summed E-state index contributed by atoms with van der Waals surface area (Å²) in [6.45, 7) is 13.0. The van der Waals surface area contributed by atoms with Crippen molar-refractivity contribution in [2.45, 2.75) is 70.1 Å². The van der Waals surface area contributed by atoms with E-state index < -0.39 is 28.9 Å². The molecule has 0 saturated carbocycles. The van der Waals surface area contributed by atoms with Crippen molar-refractivity contribution in [3.8, 4) is 11.1 Å². The third-order valence-electron chi connectivity index (χ3n) is 19.8. The highest BCUT2D eigenvalue weighted by atomic mass is 19.4. The lowest BCUT2D eigenvalue weighted by Crippen LogP contribution is -2.36. The van der Waals surface area contributed by atoms with Gasteiger partial charge in [-0.1, -0.05) is 217 Å². The number of para-hydroxylation sites is 7. The third-order valence-corrected chi connectivity index (χ3v) is 19.8. The number of alkyl halides is 6. The summed E-state index contributed by atoms with van der Waals surface area (Å²) in [6.07, 6.45) is -9.39. The molecule has 96 heavy (non-hydrogen) atoms. The minimum Gasteiger partial charge on any atom is -0.453 e. The fraction of sp³-hybridized carbons (Fsp3) is 0.129. The Hall–Kier alpha value is -11.0. The molecule has 5 nitrogen and oxygen atoms in total. The number of hydrogen-bond donors (Lipinski definition) is 0. The van der Waals surface area contributed by atoms with E-state index in [4.69, 9.17) is 8.83 Å². The number of anilines is 9. The second kappa shape index (κ2) is 21.0. The van der Waals surface area contributed by atoms with Gasteiger partial charge in [0, 0.05) is 49.4 Å². The zero-order valence-electron chi connectivity index (χ0n) is 53.3. The van der Waals surface area contributed by atoms with Crippen molar-refractivity contribution in [2.24, 2.45) is 0 Å². The number of halogens is 6. The number of fused-ring (bicyclic) bond motifs is 19. The van der Waals surface area contributed by atoms with Gasteiger partial charge >= 0.3 is 12.4 Å².